The predicted molar refractivity (Wildman–Crippen MR) is 53.5 cm³/mol. The highest BCUT2D eigenvalue weighted by atomic mass is 35.5. The maximum Gasteiger partial charge on any atom is 0.299 e. The van der Waals surface area contributed by atoms with Crippen LogP contribution in [0.25, 0.3) is 11.4 Å². The van der Waals surface area contributed by atoms with E-state index in [4.69, 9.17) is 11.6 Å². The topological polar surface area (TPSA) is 67.9 Å². The smallest absolute Gasteiger partial charge is 0.299 e. The van der Waals surface area contributed by atoms with Crippen LogP contribution in [0.15, 0.2) is 24.4 Å². The molecular weight excluding hydrogens is 218 g/mol. The Morgan fingerprint density at radius 2 is 2.40 bits per heavy atom. The number of ether oxygens (including phenoxy) is 1. The van der Waals surface area contributed by atoms with Crippen molar-refractivity contribution >= 4 is 18.1 Å². The molecule has 0 atom stereocenters. The van der Waals surface area contributed by atoms with Crippen LogP contribution < -0.4 is 4.74 Å². The molecule has 0 fully saturated rings. The molecule has 0 aliphatic rings. The summed E-state index contributed by atoms with van der Waals surface area (Å²) in [5.41, 5.74) is 1.16. The third-order valence-corrected chi connectivity index (χ3v) is 2.04. The summed E-state index contributed by atoms with van der Waals surface area (Å²) in [6.07, 6.45) is 1.61. The van der Waals surface area contributed by atoms with E-state index in [0.717, 1.165) is 0 Å². The SMILES string of the molecule is O=COc1cc(-c2ncccc2Cl)[nH]n1. The summed E-state index contributed by atoms with van der Waals surface area (Å²) < 4.78 is 4.55. The lowest BCUT2D eigenvalue weighted by Gasteiger charge is -1.97. The van der Waals surface area contributed by atoms with Gasteiger partial charge in [-0.25, -0.2) is 0 Å². The largest absolute Gasteiger partial charge is 0.408 e. The number of hydrogen-bond donors (Lipinski definition) is 1. The van der Waals surface area contributed by atoms with Gasteiger partial charge in [-0.05, 0) is 12.1 Å². The Labute approximate surface area is 90.0 Å². The normalized spacial score (nSPS) is 9.93. The van der Waals surface area contributed by atoms with Crippen LogP contribution in [0.2, 0.25) is 5.02 Å². The second-order valence-corrected chi connectivity index (χ2v) is 3.07. The molecule has 0 aliphatic heterocycles. The van der Waals surface area contributed by atoms with Crippen LogP contribution >= 0.6 is 11.6 Å². The van der Waals surface area contributed by atoms with Crippen molar-refractivity contribution in [3.8, 4) is 17.3 Å². The Hall–Kier alpha value is -1.88. The van der Waals surface area contributed by atoms with Crippen LogP contribution in [-0.2, 0) is 4.79 Å². The van der Waals surface area contributed by atoms with Gasteiger partial charge in [0.1, 0.15) is 5.69 Å². The van der Waals surface area contributed by atoms with Gasteiger partial charge in [-0.15, -0.1) is 5.10 Å². The molecule has 15 heavy (non-hydrogen) atoms. The van der Waals surface area contributed by atoms with E-state index in [2.05, 4.69) is 19.9 Å². The Bertz CT molecular complexity index is 484. The van der Waals surface area contributed by atoms with Crippen molar-refractivity contribution in [1.82, 2.24) is 15.2 Å². The summed E-state index contributed by atoms with van der Waals surface area (Å²) in [5, 5.41) is 6.91. The molecule has 0 amide bonds. The first-order valence-electron chi connectivity index (χ1n) is 4.08. The molecule has 2 heterocycles. The molecule has 2 rings (SSSR count). The predicted octanol–water partition coefficient (Wildman–Crippen LogP) is 1.66. The molecule has 0 aromatic carbocycles. The van der Waals surface area contributed by atoms with Crippen molar-refractivity contribution in [2.75, 3.05) is 0 Å². The lowest BCUT2D eigenvalue weighted by molar-refractivity contribution is -0.120. The fourth-order valence-corrected chi connectivity index (χ4v) is 1.34. The summed E-state index contributed by atoms with van der Waals surface area (Å²) in [4.78, 5) is 14.1. The number of carbonyl (C=O) groups excluding carboxylic acids is 1. The molecule has 6 heteroatoms. The number of H-pyrrole nitrogens is 1. The van der Waals surface area contributed by atoms with E-state index in [0.29, 0.717) is 22.9 Å². The number of pyridine rings is 1. The van der Waals surface area contributed by atoms with Crippen molar-refractivity contribution in [2.24, 2.45) is 0 Å². The van der Waals surface area contributed by atoms with Crippen molar-refractivity contribution in [3.63, 3.8) is 0 Å². The average molecular weight is 224 g/mol. The van der Waals surface area contributed by atoms with Crippen LogP contribution in [-0.4, -0.2) is 21.7 Å². The van der Waals surface area contributed by atoms with Gasteiger partial charge in [-0.3, -0.25) is 14.9 Å². The van der Waals surface area contributed by atoms with Crippen molar-refractivity contribution < 1.29 is 9.53 Å². The maximum absolute atomic E-state index is 10.1. The van der Waals surface area contributed by atoms with E-state index in [-0.39, 0.29) is 5.88 Å². The molecule has 0 bridgehead atoms. The molecule has 76 valence electrons. The van der Waals surface area contributed by atoms with E-state index in [1.54, 1.807) is 24.4 Å². The minimum atomic E-state index is 0.182. The van der Waals surface area contributed by atoms with E-state index in [1.165, 1.54) is 0 Å². The third-order valence-electron chi connectivity index (χ3n) is 1.74. The number of halogens is 1. The van der Waals surface area contributed by atoms with Gasteiger partial charge in [-0.2, -0.15) is 0 Å². The van der Waals surface area contributed by atoms with E-state index in [1.807, 2.05) is 0 Å². The van der Waals surface area contributed by atoms with Gasteiger partial charge in [0.2, 0.25) is 5.88 Å². The number of aromatic amines is 1. The number of nitrogens with one attached hydrogen (secondary N) is 1. The maximum atomic E-state index is 10.1. The molecule has 0 saturated carbocycles. The lowest BCUT2D eigenvalue weighted by Crippen LogP contribution is -1.87. The number of carbonyl (C=O) groups is 1. The zero-order valence-corrected chi connectivity index (χ0v) is 8.23. The molecular formula is C9H6ClN3O2. The highest BCUT2D eigenvalue weighted by molar-refractivity contribution is 6.32. The first-order chi connectivity index (χ1) is 7.31. The molecule has 0 spiro atoms. The Kier molecular flexibility index (Phi) is 2.64. The van der Waals surface area contributed by atoms with Crippen LogP contribution in [0.4, 0.5) is 0 Å². The van der Waals surface area contributed by atoms with Gasteiger partial charge in [-0.1, -0.05) is 11.6 Å². The highest BCUT2D eigenvalue weighted by Crippen LogP contribution is 2.25. The molecule has 5 nitrogen and oxygen atoms in total. The third kappa shape index (κ3) is 1.97. The fourth-order valence-electron chi connectivity index (χ4n) is 1.12. The summed E-state index contributed by atoms with van der Waals surface area (Å²) in [6, 6.07) is 4.98. The van der Waals surface area contributed by atoms with Gasteiger partial charge in [0.15, 0.2) is 0 Å². The lowest BCUT2D eigenvalue weighted by atomic mass is 10.3. The van der Waals surface area contributed by atoms with Crippen LogP contribution in [0.3, 0.4) is 0 Å². The average Bonchev–Trinajstić information content (AvgIpc) is 2.68. The van der Waals surface area contributed by atoms with Crippen LogP contribution in [0, 0.1) is 0 Å². The van der Waals surface area contributed by atoms with E-state index < -0.39 is 0 Å². The monoisotopic (exact) mass is 223 g/mol. The Morgan fingerprint density at radius 3 is 3.13 bits per heavy atom. The second-order valence-electron chi connectivity index (χ2n) is 2.67. The first-order valence-corrected chi connectivity index (χ1v) is 4.45. The van der Waals surface area contributed by atoms with E-state index in [9.17, 15) is 4.79 Å². The van der Waals surface area contributed by atoms with Gasteiger partial charge >= 0.3 is 0 Å². The number of hydrogen-bond acceptors (Lipinski definition) is 4. The van der Waals surface area contributed by atoms with Crippen molar-refractivity contribution in [3.05, 3.63) is 29.4 Å². The molecule has 2 aromatic heterocycles. The molecule has 0 radical (unpaired) electrons. The summed E-state index contributed by atoms with van der Waals surface area (Å²) in [5.74, 6) is 0.182. The Morgan fingerprint density at radius 1 is 1.53 bits per heavy atom. The molecule has 0 unspecified atom stereocenters. The second kappa shape index (κ2) is 4.10. The van der Waals surface area contributed by atoms with E-state index >= 15 is 0 Å². The summed E-state index contributed by atoms with van der Waals surface area (Å²) in [7, 11) is 0. The molecule has 1 N–H and O–H groups in total. The zero-order chi connectivity index (χ0) is 10.7. The van der Waals surface area contributed by atoms with Crippen molar-refractivity contribution in [1.29, 1.82) is 0 Å². The minimum Gasteiger partial charge on any atom is -0.408 e. The van der Waals surface area contributed by atoms with Gasteiger partial charge < -0.3 is 4.74 Å². The number of nitrogens with zero attached hydrogens (tertiary/aromatic N) is 2. The minimum absolute atomic E-state index is 0.182. The standard InChI is InChI=1S/C9H6ClN3O2/c10-6-2-1-3-11-9(6)7-4-8(13-12-7)15-5-14/h1-5H,(H,12,13). The van der Waals surface area contributed by atoms with Crippen LogP contribution in [0.1, 0.15) is 0 Å². The van der Waals surface area contributed by atoms with Crippen molar-refractivity contribution in [2.45, 2.75) is 0 Å². The first kappa shape index (κ1) is 9.67. The van der Waals surface area contributed by atoms with Crippen LogP contribution in [0.5, 0.6) is 5.88 Å². The quantitative estimate of drug-likeness (QED) is 0.804. The number of rotatable bonds is 3. The number of aromatic nitrogens is 3. The molecule has 2 aromatic rings. The van der Waals surface area contributed by atoms with Gasteiger partial charge in [0.05, 0.1) is 10.7 Å². The Balaban J connectivity index is 2.37. The zero-order valence-electron chi connectivity index (χ0n) is 7.48. The summed E-state index contributed by atoms with van der Waals surface area (Å²) in [6.45, 7) is 0.306. The highest BCUT2D eigenvalue weighted by Gasteiger charge is 2.08. The fraction of sp³-hybridized carbons (Fsp3) is 0. The van der Waals surface area contributed by atoms with Gasteiger partial charge in [0.25, 0.3) is 6.47 Å². The van der Waals surface area contributed by atoms with Gasteiger partial charge in [0, 0.05) is 12.3 Å². The summed E-state index contributed by atoms with van der Waals surface area (Å²) >= 11 is 5.92. The molecule has 0 saturated heterocycles. The molecule has 0 aliphatic carbocycles.